The Hall–Kier alpha value is -2.95. The molecule has 7 rings (SSSR count). The van der Waals surface area contributed by atoms with Gasteiger partial charge in [-0.3, -0.25) is 9.59 Å². The number of amides is 1. The van der Waals surface area contributed by atoms with E-state index in [0.29, 0.717) is 67.1 Å². The molecule has 0 aromatic carbocycles. The highest BCUT2D eigenvalue weighted by Crippen LogP contribution is 2.58. The summed E-state index contributed by atoms with van der Waals surface area (Å²) in [6.45, 7) is 1.16. The van der Waals surface area contributed by atoms with Gasteiger partial charge in [-0.15, -0.1) is 11.3 Å². The van der Waals surface area contributed by atoms with Crippen LogP contribution in [0.25, 0.3) is 11.0 Å². The van der Waals surface area contributed by atoms with Crippen LogP contribution in [0.1, 0.15) is 66.1 Å². The largest absolute Gasteiger partial charge is 0.481 e. The van der Waals surface area contributed by atoms with E-state index in [1.54, 1.807) is 6.20 Å². The van der Waals surface area contributed by atoms with Gasteiger partial charge < -0.3 is 14.6 Å². The van der Waals surface area contributed by atoms with Crippen LogP contribution in [-0.4, -0.2) is 43.0 Å². The SMILES string of the molecule is O=C(CC12CCC(C(=O)O)(CC1)CC2)N1CCc2c(n(Cc3cnc(C(F)(F)F)s3)c3ncccc23)C1. The number of carbonyl (C=O) groups is 2. The fourth-order valence-corrected chi connectivity index (χ4v) is 7.36. The van der Waals surface area contributed by atoms with Gasteiger partial charge >= 0.3 is 12.1 Å². The molecule has 1 amide bonds. The van der Waals surface area contributed by atoms with Gasteiger partial charge in [-0.2, -0.15) is 13.2 Å². The molecular weight excluding hydrogens is 505 g/mol. The minimum Gasteiger partial charge on any atom is -0.481 e. The third-order valence-electron chi connectivity index (χ3n) is 8.86. The van der Waals surface area contributed by atoms with Crippen LogP contribution < -0.4 is 0 Å². The Kier molecular flexibility index (Phi) is 5.63. The Bertz CT molecular complexity index is 1370. The second-order valence-corrected chi connectivity index (χ2v) is 12.0. The summed E-state index contributed by atoms with van der Waals surface area (Å²) in [4.78, 5) is 35.7. The lowest BCUT2D eigenvalue weighted by Crippen LogP contribution is -2.48. The summed E-state index contributed by atoms with van der Waals surface area (Å²) in [6, 6.07) is 3.82. The zero-order valence-electron chi connectivity index (χ0n) is 20.2. The number of hydrogen-bond acceptors (Lipinski definition) is 5. The number of carboxylic acid groups (broad SMARTS) is 1. The standard InChI is InChI=1S/C26H27F3N4O3S/c27-26(28,29)22-31-13-16(37-22)14-33-19-15-32(11-3-17(19)18-2-1-10-30-21(18)33)20(34)12-24-4-7-25(8-5-24,9-6-24)23(35)36/h1-2,10,13H,3-9,11-12,14-15H2,(H,35,36). The molecule has 0 spiro atoms. The summed E-state index contributed by atoms with van der Waals surface area (Å²) in [5.41, 5.74) is 1.96. The molecule has 4 heterocycles. The normalized spacial score (nSPS) is 25.4. The van der Waals surface area contributed by atoms with Gasteiger partial charge in [0.25, 0.3) is 0 Å². The first kappa shape index (κ1) is 24.4. The van der Waals surface area contributed by atoms with Crippen molar-refractivity contribution in [3.8, 4) is 0 Å². The monoisotopic (exact) mass is 532 g/mol. The molecular formula is C26H27F3N4O3S. The van der Waals surface area contributed by atoms with Crippen LogP contribution in [0.5, 0.6) is 0 Å². The van der Waals surface area contributed by atoms with Gasteiger partial charge in [-0.05, 0) is 68.1 Å². The molecule has 11 heteroatoms. The third kappa shape index (κ3) is 4.11. The maximum atomic E-state index is 13.5. The van der Waals surface area contributed by atoms with E-state index in [2.05, 4.69) is 9.97 Å². The van der Waals surface area contributed by atoms with Gasteiger partial charge in [-0.1, -0.05) is 0 Å². The van der Waals surface area contributed by atoms with Gasteiger partial charge in [0, 0.05) is 41.3 Å². The topological polar surface area (TPSA) is 88.3 Å². The first-order valence-electron chi connectivity index (χ1n) is 12.6. The first-order chi connectivity index (χ1) is 17.6. The predicted octanol–water partition coefficient (Wildman–Crippen LogP) is 5.26. The molecule has 3 aromatic rings. The zero-order chi connectivity index (χ0) is 26.0. The second kappa shape index (κ2) is 8.54. The summed E-state index contributed by atoms with van der Waals surface area (Å²) in [5, 5.41) is 9.76. The minimum atomic E-state index is -4.48. The summed E-state index contributed by atoms with van der Waals surface area (Å²) < 4.78 is 41.3. The molecule has 4 aliphatic rings. The van der Waals surface area contributed by atoms with Crippen molar-refractivity contribution in [3.05, 3.63) is 45.7 Å². The maximum absolute atomic E-state index is 13.5. The van der Waals surface area contributed by atoms with E-state index in [4.69, 9.17) is 0 Å². The smallest absolute Gasteiger partial charge is 0.443 e. The van der Waals surface area contributed by atoms with Crippen molar-refractivity contribution in [1.29, 1.82) is 0 Å². The maximum Gasteiger partial charge on any atom is 0.443 e. The number of carboxylic acids is 1. The summed E-state index contributed by atoms with van der Waals surface area (Å²) in [7, 11) is 0. The summed E-state index contributed by atoms with van der Waals surface area (Å²) >= 11 is 0.629. The van der Waals surface area contributed by atoms with Crippen molar-refractivity contribution in [2.24, 2.45) is 10.8 Å². The van der Waals surface area contributed by atoms with Gasteiger partial charge in [0.05, 0.1) is 18.5 Å². The third-order valence-corrected chi connectivity index (χ3v) is 9.89. The average molecular weight is 533 g/mol. The Labute approximate surface area is 215 Å². The van der Waals surface area contributed by atoms with Crippen molar-refractivity contribution >= 4 is 34.2 Å². The zero-order valence-corrected chi connectivity index (χ0v) is 21.0. The molecule has 0 radical (unpaired) electrons. The van der Waals surface area contributed by atoms with Crippen molar-refractivity contribution in [2.45, 2.75) is 70.6 Å². The molecule has 1 N–H and O–H groups in total. The number of hydrogen-bond donors (Lipinski definition) is 1. The number of carbonyl (C=O) groups excluding carboxylic acids is 1. The molecule has 3 aromatic heterocycles. The van der Waals surface area contributed by atoms with Crippen molar-refractivity contribution in [1.82, 2.24) is 19.4 Å². The lowest BCUT2D eigenvalue weighted by molar-refractivity contribution is -0.160. The van der Waals surface area contributed by atoms with Crippen LogP contribution in [-0.2, 0) is 35.3 Å². The van der Waals surface area contributed by atoms with Gasteiger partial charge in [0.1, 0.15) is 5.65 Å². The van der Waals surface area contributed by atoms with E-state index in [1.807, 2.05) is 21.6 Å². The molecule has 0 unspecified atom stereocenters. The van der Waals surface area contributed by atoms with Crippen LogP contribution in [0.4, 0.5) is 13.2 Å². The molecule has 37 heavy (non-hydrogen) atoms. The molecule has 3 aliphatic carbocycles. The van der Waals surface area contributed by atoms with Crippen LogP contribution in [0.15, 0.2) is 24.5 Å². The number of pyridine rings is 1. The highest BCUT2D eigenvalue weighted by Gasteiger charge is 2.53. The fourth-order valence-electron chi connectivity index (χ4n) is 6.59. The van der Waals surface area contributed by atoms with E-state index in [0.717, 1.165) is 35.9 Å². The molecule has 0 atom stereocenters. The fraction of sp³-hybridized carbons (Fsp3) is 0.538. The van der Waals surface area contributed by atoms with E-state index in [1.165, 1.54) is 6.20 Å². The molecule has 7 nitrogen and oxygen atoms in total. The Balaban J connectivity index is 1.24. The van der Waals surface area contributed by atoms with Crippen molar-refractivity contribution < 1.29 is 27.9 Å². The van der Waals surface area contributed by atoms with Gasteiger partial charge in [-0.25, -0.2) is 9.97 Å². The number of aliphatic carboxylic acids is 1. The quantitative estimate of drug-likeness (QED) is 0.484. The summed E-state index contributed by atoms with van der Waals surface area (Å²) in [5.74, 6) is -0.641. The highest BCUT2D eigenvalue weighted by molar-refractivity contribution is 7.11. The first-order valence-corrected chi connectivity index (χ1v) is 13.4. The van der Waals surface area contributed by atoms with Crippen molar-refractivity contribution in [2.75, 3.05) is 6.54 Å². The highest BCUT2D eigenvalue weighted by atomic mass is 32.1. The Morgan fingerprint density at radius 2 is 1.84 bits per heavy atom. The van der Waals surface area contributed by atoms with E-state index >= 15 is 0 Å². The number of thiazole rings is 1. The number of alkyl halides is 3. The van der Waals surface area contributed by atoms with Gasteiger partial charge in [0.2, 0.25) is 5.91 Å². The number of nitrogens with zero attached hydrogens (tertiary/aromatic N) is 4. The van der Waals surface area contributed by atoms with Crippen LogP contribution in [0.3, 0.4) is 0 Å². The molecule has 3 fully saturated rings. The number of rotatable bonds is 5. The van der Waals surface area contributed by atoms with Gasteiger partial charge in [0.15, 0.2) is 5.01 Å². The van der Waals surface area contributed by atoms with Crippen molar-refractivity contribution in [3.63, 3.8) is 0 Å². The second-order valence-electron chi connectivity index (χ2n) is 10.8. The van der Waals surface area contributed by atoms with E-state index < -0.39 is 22.6 Å². The minimum absolute atomic E-state index is 0.0669. The average Bonchev–Trinajstić information content (AvgIpc) is 3.48. The number of fused-ring (bicyclic) bond motifs is 6. The lowest BCUT2D eigenvalue weighted by atomic mass is 9.53. The van der Waals surface area contributed by atoms with Crippen LogP contribution in [0, 0.1) is 10.8 Å². The number of halogens is 3. The van der Waals surface area contributed by atoms with Crippen LogP contribution in [0.2, 0.25) is 0 Å². The van der Waals surface area contributed by atoms with E-state index in [-0.39, 0.29) is 17.9 Å². The number of aromatic nitrogens is 3. The van der Waals surface area contributed by atoms with E-state index in [9.17, 15) is 27.9 Å². The molecule has 0 saturated heterocycles. The molecule has 3 saturated carbocycles. The molecule has 196 valence electrons. The predicted molar refractivity (Wildman–Crippen MR) is 130 cm³/mol. The Morgan fingerprint density at radius 3 is 2.49 bits per heavy atom. The molecule has 1 aliphatic heterocycles. The lowest BCUT2D eigenvalue weighted by Gasteiger charge is -2.51. The Morgan fingerprint density at radius 1 is 1.11 bits per heavy atom. The molecule has 2 bridgehead atoms. The summed E-state index contributed by atoms with van der Waals surface area (Å²) in [6.07, 6.45) is 3.72. The van der Waals surface area contributed by atoms with Crippen LogP contribution >= 0.6 is 11.3 Å².